The van der Waals surface area contributed by atoms with E-state index in [-0.39, 0.29) is 0 Å². The number of aromatic nitrogens is 3. The third kappa shape index (κ3) is 4.41. The van der Waals surface area contributed by atoms with Crippen LogP contribution in [0.15, 0.2) is 35.2 Å². The zero-order valence-electron chi connectivity index (χ0n) is 10.8. The molecule has 0 aliphatic rings. The smallest absolute Gasteiger partial charge is 0.123 e. The second kappa shape index (κ2) is 7.37. The summed E-state index contributed by atoms with van der Waals surface area (Å²) in [6, 6.07) is 4.00. The summed E-state index contributed by atoms with van der Waals surface area (Å²) >= 11 is 3.38. The van der Waals surface area contributed by atoms with Gasteiger partial charge in [0.15, 0.2) is 0 Å². The molecule has 2 aromatic rings. The van der Waals surface area contributed by atoms with Gasteiger partial charge in [-0.2, -0.15) is 0 Å². The standard InChI is InChI=1S/C13H17BrN4O/c1-19-7-5-15-9-13-16-4-6-18(13)10-12-3-2-11(14)8-17-12/h2-4,6,8,15H,5,7,9-10H2,1H3. The van der Waals surface area contributed by atoms with Gasteiger partial charge >= 0.3 is 0 Å². The number of ether oxygens (including phenoxy) is 1. The molecule has 0 radical (unpaired) electrons. The van der Waals surface area contributed by atoms with Crippen LogP contribution in [0.2, 0.25) is 0 Å². The molecule has 0 aromatic carbocycles. The van der Waals surface area contributed by atoms with Crippen LogP contribution in [0.25, 0.3) is 0 Å². The van der Waals surface area contributed by atoms with Crippen LogP contribution in [0, 0.1) is 0 Å². The van der Waals surface area contributed by atoms with Gasteiger partial charge in [0.1, 0.15) is 5.82 Å². The molecule has 0 saturated heterocycles. The van der Waals surface area contributed by atoms with E-state index < -0.39 is 0 Å². The maximum atomic E-state index is 4.99. The highest BCUT2D eigenvalue weighted by atomic mass is 79.9. The Morgan fingerprint density at radius 3 is 3.00 bits per heavy atom. The summed E-state index contributed by atoms with van der Waals surface area (Å²) in [7, 11) is 1.70. The van der Waals surface area contributed by atoms with Crippen LogP contribution in [-0.4, -0.2) is 34.8 Å². The number of nitrogens with zero attached hydrogens (tertiary/aromatic N) is 3. The molecule has 2 aromatic heterocycles. The minimum Gasteiger partial charge on any atom is -0.383 e. The SMILES string of the molecule is COCCNCc1nccn1Cc1ccc(Br)cn1. The first kappa shape index (κ1) is 14.2. The monoisotopic (exact) mass is 324 g/mol. The average Bonchev–Trinajstić information content (AvgIpc) is 2.85. The Morgan fingerprint density at radius 1 is 1.37 bits per heavy atom. The number of methoxy groups -OCH3 is 1. The normalized spacial score (nSPS) is 10.8. The molecule has 102 valence electrons. The third-order valence-electron chi connectivity index (χ3n) is 2.69. The number of nitrogens with one attached hydrogen (secondary N) is 1. The summed E-state index contributed by atoms with van der Waals surface area (Å²) in [6.45, 7) is 2.98. The summed E-state index contributed by atoms with van der Waals surface area (Å²) in [4.78, 5) is 8.72. The van der Waals surface area contributed by atoms with Gasteiger partial charge in [-0.05, 0) is 28.1 Å². The lowest BCUT2D eigenvalue weighted by molar-refractivity contribution is 0.199. The first-order valence-corrected chi connectivity index (χ1v) is 6.89. The molecule has 0 fully saturated rings. The molecule has 2 heterocycles. The molecule has 0 aliphatic heterocycles. The zero-order valence-corrected chi connectivity index (χ0v) is 12.4. The lowest BCUT2D eigenvalue weighted by Gasteiger charge is -2.08. The Morgan fingerprint density at radius 2 is 2.26 bits per heavy atom. The topological polar surface area (TPSA) is 52.0 Å². The van der Waals surface area contributed by atoms with Gasteiger partial charge in [-0.15, -0.1) is 0 Å². The van der Waals surface area contributed by atoms with E-state index in [4.69, 9.17) is 4.74 Å². The molecule has 0 unspecified atom stereocenters. The minimum atomic E-state index is 0.703. The molecular formula is C13H17BrN4O. The molecule has 1 N–H and O–H groups in total. The van der Waals surface area contributed by atoms with Crippen LogP contribution in [0.5, 0.6) is 0 Å². The Kier molecular flexibility index (Phi) is 5.50. The van der Waals surface area contributed by atoms with Gasteiger partial charge in [0.2, 0.25) is 0 Å². The summed E-state index contributed by atoms with van der Waals surface area (Å²) < 4.78 is 8.08. The van der Waals surface area contributed by atoms with Crippen molar-refractivity contribution in [1.29, 1.82) is 0 Å². The van der Waals surface area contributed by atoms with Crippen molar-refractivity contribution in [3.05, 3.63) is 46.7 Å². The van der Waals surface area contributed by atoms with Crippen LogP contribution >= 0.6 is 15.9 Å². The van der Waals surface area contributed by atoms with E-state index in [0.29, 0.717) is 6.61 Å². The molecular weight excluding hydrogens is 308 g/mol. The van der Waals surface area contributed by atoms with Crippen molar-refractivity contribution in [2.45, 2.75) is 13.1 Å². The average molecular weight is 325 g/mol. The number of hydrogen-bond donors (Lipinski definition) is 1. The highest BCUT2D eigenvalue weighted by molar-refractivity contribution is 9.10. The Labute approximate surface area is 121 Å². The summed E-state index contributed by atoms with van der Waals surface area (Å²) in [6.07, 6.45) is 5.59. The fraction of sp³-hybridized carbons (Fsp3) is 0.385. The summed E-state index contributed by atoms with van der Waals surface area (Å²) in [5.74, 6) is 1.00. The predicted molar refractivity (Wildman–Crippen MR) is 76.8 cm³/mol. The lowest BCUT2D eigenvalue weighted by atomic mass is 10.3. The molecule has 5 nitrogen and oxygen atoms in total. The van der Waals surface area contributed by atoms with Gasteiger partial charge in [0, 0.05) is 36.7 Å². The van der Waals surface area contributed by atoms with Crippen LogP contribution in [0.3, 0.4) is 0 Å². The molecule has 0 aliphatic carbocycles. The Bertz CT molecular complexity index is 498. The Balaban J connectivity index is 1.93. The number of halogens is 1. The highest BCUT2D eigenvalue weighted by Crippen LogP contribution is 2.09. The van der Waals surface area contributed by atoms with Crippen molar-refractivity contribution in [1.82, 2.24) is 19.9 Å². The highest BCUT2D eigenvalue weighted by Gasteiger charge is 2.04. The fourth-order valence-corrected chi connectivity index (χ4v) is 1.93. The first-order chi connectivity index (χ1) is 9.29. The van der Waals surface area contributed by atoms with Gasteiger partial charge < -0.3 is 14.6 Å². The molecule has 19 heavy (non-hydrogen) atoms. The lowest BCUT2D eigenvalue weighted by Crippen LogP contribution is -2.21. The molecule has 0 atom stereocenters. The van der Waals surface area contributed by atoms with Crippen molar-refractivity contribution in [2.75, 3.05) is 20.3 Å². The molecule has 0 spiro atoms. The summed E-state index contributed by atoms with van der Waals surface area (Å²) in [5.41, 5.74) is 1.01. The number of imidazole rings is 1. The number of hydrogen-bond acceptors (Lipinski definition) is 4. The van der Waals surface area contributed by atoms with E-state index >= 15 is 0 Å². The number of pyridine rings is 1. The van der Waals surface area contributed by atoms with E-state index in [0.717, 1.165) is 35.6 Å². The van der Waals surface area contributed by atoms with Gasteiger partial charge in [0.25, 0.3) is 0 Å². The van der Waals surface area contributed by atoms with Crippen molar-refractivity contribution >= 4 is 15.9 Å². The predicted octanol–water partition coefficient (Wildman–Crippen LogP) is 1.82. The van der Waals surface area contributed by atoms with E-state index in [2.05, 4.69) is 35.8 Å². The molecule has 0 saturated carbocycles. The van der Waals surface area contributed by atoms with Crippen LogP contribution in [-0.2, 0) is 17.8 Å². The third-order valence-corrected chi connectivity index (χ3v) is 3.16. The quantitative estimate of drug-likeness (QED) is 0.789. The first-order valence-electron chi connectivity index (χ1n) is 6.09. The Hall–Kier alpha value is -1.24. The van der Waals surface area contributed by atoms with Gasteiger partial charge in [0.05, 0.1) is 25.4 Å². The van der Waals surface area contributed by atoms with Gasteiger partial charge in [-0.25, -0.2) is 4.98 Å². The molecule has 0 bridgehead atoms. The fourth-order valence-electron chi connectivity index (χ4n) is 1.70. The molecule has 6 heteroatoms. The van der Waals surface area contributed by atoms with Crippen LogP contribution in [0.4, 0.5) is 0 Å². The zero-order chi connectivity index (χ0) is 13.5. The van der Waals surface area contributed by atoms with Gasteiger partial charge in [-0.3, -0.25) is 4.98 Å². The van der Waals surface area contributed by atoms with E-state index in [1.54, 1.807) is 7.11 Å². The van der Waals surface area contributed by atoms with E-state index in [9.17, 15) is 0 Å². The van der Waals surface area contributed by atoms with E-state index in [1.165, 1.54) is 0 Å². The number of rotatable bonds is 7. The minimum absolute atomic E-state index is 0.703. The van der Waals surface area contributed by atoms with Crippen LogP contribution < -0.4 is 5.32 Å². The maximum absolute atomic E-state index is 4.99. The van der Waals surface area contributed by atoms with Crippen molar-refractivity contribution in [3.8, 4) is 0 Å². The largest absolute Gasteiger partial charge is 0.383 e. The molecule has 2 rings (SSSR count). The van der Waals surface area contributed by atoms with E-state index in [1.807, 2.05) is 30.7 Å². The second-order valence-electron chi connectivity index (χ2n) is 4.11. The second-order valence-corrected chi connectivity index (χ2v) is 5.02. The summed E-state index contributed by atoms with van der Waals surface area (Å²) in [5, 5.41) is 3.29. The van der Waals surface area contributed by atoms with Gasteiger partial charge in [-0.1, -0.05) is 0 Å². The van der Waals surface area contributed by atoms with Crippen molar-refractivity contribution < 1.29 is 4.74 Å². The maximum Gasteiger partial charge on any atom is 0.123 e. The van der Waals surface area contributed by atoms with Crippen LogP contribution in [0.1, 0.15) is 11.5 Å². The van der Waals surface area contributed by atoms with Crippen molar-refractivity contribution in [2.24, 2.45) is 0 Å². The van der Waals surface area contributed by atoms with Crippen molar-refractivity contribution in [3.63, 3.8) is 0 Å². The molecule has 0 amide bonds.